The van der Waals surface area contributed by atoms with E-state index in [9.17, 15) is 4.79 Å². The fourth-order valence-electron chi connectivity index (χ4n) is 2.30. The summed E-state index contributed by atoms with van der Waals surface area (Å²) >= 11 is 0. The predicted molar refractivity (Wildman–Crippen MR) is 60.6 cm³/mol. The monoisotopic (exact) mass is 213 g/mol. The van der Waals surface area contributed by atoms with Gasteiger partial charge in [0.15, 0.2) is 0 Å². The smallest absolute Gasteiger partial charge is 0.224 e. The van der Waals surface area contributed by atoms with Crippen LogP contribution in [0.15, 0.2) is 0 Å². The second kappa shape index (κ2) is 6.83. The van der Waals surface area contributed by atoms with Crippen LogP contribution in [-0.2, 0) is 4.79 Å². The van der Waals surface area contributed by atoms with Crippen LogP contribution >= 0.6 is 0 Å². The molecule has 1 fully saturated rings. The van der Waals surface area contributed by atoms with Crippen LogP contribution in [0.2, 0.25) is 0 Å². The van der Waals surface area contributed by atoms with Crippen molar-refractivity contribution in [2.75, 3.05) is 13.7 Å². The fraction of sp³-hybridized carbons (Fsp3) is 0.917. The molecule has 1 aliphatic rings. The van der Waals surface area contributed by atoms with Crippen molar-refractivity contribution in [2.45, 2.75) is 57.4 Å². The third-order valence-electron chi connectivity index (χ3n) is 3.34. The SMILES string of the molecule is CN(C(=O)CCO)C1CCCCCCC1. The Morgan fingerprint density at radius 3 is 2.27 bits per heavy atom. The largest absolute Gasteiger partial charge is 0.396 e. The average Bonchev–Trinajstić information content (AvgIpc) is 2.16. The van der Waals surface area contributed by atoms with Gasteiger partial charge in [0.2, 0.25) is 5.91 Å². The van der Waals surface area contributed by atoms with Crippen molar-refractivity contribution in [3.63, 3.8) is 0 Å². The molecule has 0 aromatic carbocycles. The number of carbonyl (C=O) groups is 1. The molecule has 0 saturated heterocycles. The standard InChI is InChI=1S/C12H23NO2/c1-13(12(15)9-10-14)11-7-5-3-2-4-6-8-11/h11,14H,2-10H2,1H3. The highest BCUT2D eigenvalue weighted by atomic mass is 16.3. The quantitative estimate of drug-likeness (QED) is 0.778. The molecule has 1 amide bonds. The lowest BCUT2D eigenvalue weighted by Crippen LogP contribution is -2.37. The lowest BCUT2D eigenvalue weighted by atomic mass is 9.96. The summed E-state index contributed by atoms with van der Waals surface area (Å²) in [7, 11) is 1.88. The summed E-state index contributed by atoms with van der Waals surface area (Å²) in [4.78, 5) is 13.5. The van der Waals surface area contributed by atoms with Gasteiger partial charge in [-0.15, -0.1) is 0 Å². The van der Waals surface area contributed by atoms with Gasteiger partial charge in [-0.2, -0.15) is 0 Å². The molecule has 1 aliphatic carbocycles. The third-order valence-corrected chi connectivity index (χ3v) is 3.34. The third kappa shape index (κ3) is 4.20. The first-order valence-corrected chi connectivity index (χ1v) is 6.12. The van der Waals surface area contributed by atoms with E-state index in [0.29, 0.717) is 6.04 Å². The number of carbonyl (C=O) groups excluding carboxylic acids is 1. The molecule has 88 valence electrons. The Morgan fingerprint density at radius 1 is 1.20 bits per heavy atom. The predicted octanol–water partition coefficient (Wildman–Crippen LogP) is 1.94. The number of rotatable bonds is 3. The first-order chi connectivity index (χ1) is 7.25. The molecule has 0 aromatic heterocycles. The Bertz CT molecular complexity index is 186. The fourth-order valence-corrected chi connectivity index (χ4v) is 2.30. The second-order valence-electron chi connectivity index (χ2n) is 4.48. The molecule has 0 atom stereocenters. The molecule has 3 heteroatoms. The molecule has 1 rings (SSSR count). The highest BCUT2D eigenvalue weighted by Gasteiger charge is 2.19. The van der Waals surface area contributed by atoms with Crippen molar-refractivity contribution in [1.82, 2.24) is 4.90 Å². The molecule has 0 aliphatic heterocycles. The van der Waals surface area contributed by atoms with Gasteiger partial charge in [0, 0.05) is 19.5 Å². The molecule has 0 bridgehead atoms. The molecule has 1 N–H and O–H groups in total. The van der Waals surface area contributed by atoms with Gasteiger partial charge >= 0.3 is 0 Å². The van der Waals surface area contributed by atoms with E-state index in [1.54, 1.807) is 0 Å². The maximum atomic E-state index is 11.6. The summed E-state index contributed by atoms with van der Waals surface area (Å²) in [6.07, 6.45) is 8.97. The van der Waals surface area contributed by atoms with Crippen molar-refractivity contribution < 1.29 is 9.90 Å². The molecule has 0 spiro atoms. The zero-order valence-corrected chi connectivity index (χ0v) is 9.74. The van der Waals surface area contributed by atoms with E-state index in [1.165, 1.54) is 32.1 Å². The van der Waals surface area contributed by atoms with Gasteiger partial charge in [-0.1, -0.05) is 32.1 Å². The van der Waals surface area contributed by atoms with E-state index >= 15 is 0 Å². The number of hydrogen-bond acceptors (Lipinski definition) is 2. The Morgan fingerprint density at radius 2 is 1.73 bits per heavy atom. The summed E-state index contributed by atoms with van der Waals surface area (Å²) < 4.78 is 0. The van der Waals surface area contributed by atoms with Crippen LogP contribution < -0.4 is 0 Å². The van der Waals surface area contributed by atoms with Gasteiger partial charge in [0.25, 0.3) is 0 Å². The highest BCUT2D eigenvalue weighted by molar-refractivity contribution is 5.76. The Kier molecular flexibility index (Phi) is 5.69. The van der Waals surface area contributed by atoms with E-state index < -0.39 is 0 Å². The Hall–Kier alpha value is -0.570. The summed E-state index contributed by atoms with van der Waals surface area (Å²) in [5.41, 5.74) is 0. The molecule has 15 heavy (non-hydrogen) atoms. The van der Waals surface area contributed by atoms with Gasteiger partial charge in [-0.05, 0) is 12.8 Å². The zero-order valence-electron chi connectivity index (χ0n) is 9.74. The molecule has 0 unspecified atom stereocenters. The summed E-state index contributed by atoms with van der Waals surface area (Å²) in [5.74, 6) is 0.0862. The van der Waals surface area contributed by atoms with Crippen LogP contribution in [0.4, 0.5) is 0 Å². The van der Waals surface area contributed by atoms with Gasteiger partial charge in [-0.25, -0.2) is 0 Å². The molecule has 0 radical (unpaired) electrons. The van der Waals surface area contributed by atoms with Gasteiger partial charge in [-0.3, -0.25) is 4.79 Å². The van der Waals surface area contributed by atoms with E-state index in [1.807, 2.05) is 11.9 Å². The maximum Gasteiger partial charge on any atom is 0.224 e. The Balaban J connectivity index is 2.40. The van der Waals surface area contributed by atoms with Crippen molar-refractivity contribution in [2.24, 2.45) is 0 Å². The normalized spacial score (nSPS) is 19.3. The molecule has 0 heterocycles. The van der Waals surface area contributed by atoms with Crippen LogP contribution in [0.5, 0.6) is 0 Å². The van der Waals surface area contributed by atoms with Crippen LogP contribution in [0, 0.1) is 0 Å². The number of aliphatic hydroxyl groups excluding tert-OH is 1. The van der Waals surface area contributed by atoms with E-state index in [2.05, 4.69) is 0 Å². The van der Waals surface area contributed by atoms with Crippen molar-refractivity contribution in [3.8, 4) is 0 Å². The lowest BCUT2D eigenvalue weighted by molar-refractivity contribution is -0.133. The molecule has 3 nitrogen and oxygen atoms in total. The van der Waals surface area contributed by atoms with Crippen molar-refractivity contribution in [3.05, 3.63) is 0 Å². The molecular weight excluding hydrogens is 190 g/mol. The summed E-state index contributed by atoms with van der Waals surface area (Å²) in [6.45, 7) is -0.0319. The molecule has 1 saturated carbocycles. The minimum atomic E-state index is -0.0319. The number of hydrogen-bond donors (Lipinski definition) is 1. The molecular formula is C12H23NO2. The van der Waals surface area contributed by atoms with Gasteiger partial charge in [0.1, 0.15) is 0 Å². The van der Waals surface area contributed by atoms with Crippen molar-refractivity contribution in [1.29, 1.82) is 0 Å². The van der Waals surface area contributed by atoms with Gasteiger partial charge < -0.3 is 10.0 Å². The number of nitrogens with zero attached hydrogens (tertiary/aromatic N) is 1. The van der Waals surface area contributed by atoms with Crippen molar-refractivity contribution >= 4 is 5.91 Å². The minimum absolute atomic E-state index is 0.0319. The van der Waals surface area contributed by atoms with E-state index in [0.717, 1.165) is 12.8 Å². The van der Waals surface area contributed by atoms with Crippen LogP contribution in [-0.4, -0.2) is 35.6 Å². The second-order valence-corrected chi connectivity index (χ2v) is 4.48. The van der Waals surface area contributed by atoms with E-state index in [4.69, 9.17) is 5.11 Å². The zero-order chi connectivity index (χ0) is 11.1. The van der Waals surface area contributed by atoms with E-state index in [-0.39, 0.29) is 18.9 Å². The first kappa shape index (κ1) is 12.5. The summed E-state index contributed by atoms with van der Waals surface area (Å²) in [6, 6.07) is 0.407. The lowest BCUT2D eigenvalue weighted by Gasteiger charge is -2.29. The van der Waals surface area contributed by atoms with Crippen LogP contribution in [0.3, 0.4) is 0 Å². The van der Waals surface area contributed by atoms with Crippen LogP contribution in [0.1, 0.15) is 51.4 Å². The number of amides is 1. The molecule has 0 aromatic rings. The topological polar surface area (TPSA) is 40.5 Å². The average molecular weight is 213 g/mol. The maximum absolute atomic E-state index is 11.6. The van der Waals surface area contributed by atoms with Gasteiger partial charge in [0.05, 0.1) is 6.61 Å². The van der Waals surface area contributed by atoms with Crippen LogP contribution in [0.25, 0.3) is 0 Å². The minimum Gasteiger partial charge on any atom is -0.396 e. The first-order valence-electron chi connectivity index (χ1n) is 6.12. The highest BCUT2D eigenvalue weighted by Crippen LogP contribution is 2.20. The Labute approximate surface area is 92.5 Å². The number of aliphatic hydroxyl groups is 1. The summed E-state index contributed by atoms with van der Waals surface area (Å²) in [5, 5.41) is 8.74.